The van der Waals surface area contributed by atoms with Crippen LogP contribution in [0, 0.1) is 27.6 Å². The van der Waals surface area contributed by atoms with E-state index in [0.717, 1.165) is 149 Å². The van der Waals surface area contributed by atoms with Gasteiger partial charge in [-0.25, -0.2) is 0 Å². The summed E-state index contributed by atoms with van der Waals surface area (Å²) < 4.78 is 38.1. The molecule has 0 rings (SSSR count). The van der Waals surface area contributed by atoms with Gasteiger partial charge < -0.3 is 33.2 Å². The summed E-state index contributed by atoms with van der Waals surface area (Å²) in [6.07, 6.45) is 26.1. The third-order valence-electron chi connectivity index (χ3n) is 13.5. The van der Waals surface area contributed by atoms with E-state index in [9.17, 15) is 28.8 Å². The lowest BCUT2D eigenvalue weighted by molar-refractivity contribution is -0.129. The van der Waals surface area contributed by atoms with Crippen LogP contribution in [0.1, 0.15) is 324 Å². The molecule has 13 nitrogen and oxygen atoms in total. The number of hydrogen-bond donors (Lipinski definition) is 0. The molecule has 0 heterocycles. The minimum absolute atomic E-state index is 0.0326. The minimum atomic E-state index is -0.191. The van der Waals surface area contributed by atoms with Crippen LogP contribution < -0.4 is 0 Å². The monoisotopic (exact) mass is 1240 g/mol. The zero-order valence-electron chi connectivity index (χ0n) is 61.0. The highest BCUT2D eigenvalue weighted by atomic mass is 16.5. The molecule has 0 unspecified atom stereocenters. The van der Waals surface area contributed by atoms with Crippen molar-refractivity contribution in [2.45, 2.75) is 324 Å². The van der Waals surface area contributed by atoms with Gasteiger partial charge in [0.1, 0.15) is 34.7 Å². The fourth-order valence-corrected chi connectivity index (χ4v) is 7.65. The standard InChI is InChI=1S/2C20H38O4.2C12H24O2.C10H22O/c2*1-5-6-13-23-14-7-10-18(21)17-19(22)11-8-15-24-16-9-12-20(2,3)4;2*1-5-6-9-14-10-7-8-11(13)12(2,3)4;1-4-5-8-11-9-6-7-10(2)3/h2*5-17H2,1-4H3;2*5-10H2,1-4H3;10H,4-9H2,1-3H3. The number of Topliss-reactive ketones (excluding diaryl/α,β-unsaturated/α-hetero) is 6. The van der Waals surface area contributed by atoms with Crippen molar-refractivity contribution in [3.63, 3.8) is 0 Å². The first kappa shape index (κ1) is 93.5. The van der Waals surface area contributed by atoms with Gasteiger partial charge in [0.05, 0.1) is 12.8 Å². The van der Waals surface area contributed by atoms with Crippen LogP contribution in [0.25, 0.3) is 0 Å². The number of hydrogen-bond acceptors (Lipinski definition) is 13. The predicted octanol–water partition coefficient (Wildman–Crippen LogP) is 19.1. The topological polar surface area (TPSA) is 167 Å². The first-order valence-corrected chi connectivity index (χ1v) is 35.1. The fraction of sp³-hybridized carbons (Fsp3) is 0.919. The van der Waals surface area contributed by atoms with Crippen LogP contribution >= 0.6 is 0 Å². The molecular weight excluding hydrogens is 1100 g/mol. The van der Waals surface area contributed by atoms with Crippen molar-refractivity contribution in [3.8, 4) is 0 Å². The van der Waals surface area contributed by atoms with Gasteiger partial charge in [0.2, 0.25) is 0 Å². The van der Waals surface area contributed by atoms with E-state index < -0.39 is 0 Å². The normalized spacial score (nSPS) is 11.6. The summed E-state index contributed by atoms with van der Waals surface area (Å²) in [6, 6.07) is 0. The Balaban J connectivity index is -0.000000333. The summed E-state index contributed by atoms with van der Waals surface area (Å²) in [5, 5.41) is 0. The average Bonchev–Trinajstić information content (AvgIpc) is 3.43. The Kier molecular flexibility index (Phi) is 70.1. The highest BCUT2D eigenvalue weighted by Crippen LogP contribution is 2.22. The van der Waals surface area contributed by atoms with E-state index >= 15 is 0 Å². The summed E-state index contributed by atoms with van der Waals surface area (Å²) in [6.45, 7) is 50.9. The van der Waals surface area contributed by atoms with E-state index in [2.05, 4.69) is 90.0 Å². The zero-order valence-corrected chi connectivity index (χ0v) is 61.0. The SMILES string of the molecule is CCCCOCCCC(=O)C(C)(C)C.CCCCOCCCC(=O)C(C)(C)C.CCCCOCCCC(=O)CC(=O)CCCOCCCC(C)(C)C.CCCCOCCCC(=O)CC(=O)CCCOCCCC(C)(C)C.CCCCOCCCC(C)C. The van der Waals surface area contributed by atoms with Crippen LogP contribution in [0.3, 0.4) is 0 Å². The molecule has 0 saturated heterocycles. The van der Waals surface area contributed by atoms with E-state index in [-0.39, 0.29) is 46.8 Å². The molecule has 0 radical (unpaired) electrons. The Labute approximate surface area is 538 Å². The highest BCUT2D eigenvalue weighted by Gasteiger charge is 2.21. The molecule has 0 aliphatic carbocycles. The second-order valence-electron chi connectivity index (χ2n) is 28.4. The second-order valence-corrected chi connectivity index (χ2v) is 28.4. The fourth-order valence-electron chi connectivity index (χ4n) is 7.65. The van der Waals surface area contributed by atoms with Gasteiger partial charge in [-0.05, 0) is 126 Å². The van der Waals surface area contributed by atoms with E-state index in [4.69, 9.17) is 33.2 Å². The van der Waals surface area contributed by atoms with Crippen molar-refractivity contribution in [3.05, 3.63) is 0 Å². The van der Waals surface area contributed by atoms with Gasteiger partial charge in [-0.3, -0.25) is 28.8 Å². The van der Waals surface area contributed by atoms with Crippen LogP contribution in [-0.4, -0.2) is 127 Å². The van der Waals surface area contributed by atoms with E-state index in [1.165, 1.54) is 38.5 Å². The molecule has 0 saturated carbocycles. The van der Waals surface area contributed by atoms with Crippen molar-refractivity contribution in [2.24, 2.45) is 27.6 Å². The van der Waals surface area contributed by atoms with Crippen LogP contribution in [0.5, 0.6) is 0 Å². The molecule has 0 atom stereocenters. The van der Waals surface area contributed by atoms with Gasteiger partial charge in [0.15, 0.2) is 0 Å². The third kappa shape index (κ3) is 88.0. The molecule has 0 aromatic carbocycles. The number of ether oxygens (including phenoxy) is 7. The summed E-state index contributed by atoms with van der Waals surface area (Å²) in [4.78, 5) is 69.9. The summed E-state index contributed by atoms with van der Waals surface area (Å²) in [7, 11) is 0. The van der Waals surface area contributed by atoms with E-state index in [1.807, 2.05) is 41.5 Å². The van der Waals surface area contributed by atoms with Crippen LogP contribution in [-0.2, 0) is 61.9 Å². The second kappa shape index (κ2) is 65.2. The lowest BCUT2D eigenvalue weighted by atomic mass is 9.88. The van der Waals surface area contributed by atoms with Crippen LogP contribution in [0.2, 0.25) is 0 Å². The first-order valence-electron chi connectivity index (χ1n) is 35.1. The molecule has 87 heavy (non-hydrogen) atoms. The molecule has 0 N–H and O–H groups in total. The average molecular weight is 1240 g/mol. The van der Waals surface area contributed by atoms with Gasteiger partial charge in [0.25, 0.3) is 0 Å². The van der Waals surface area contributed by atoms with Crippen LogP contribution in [0.15, 0.2) is 0 Å². The lowest BCUT2D eigenvalue weighted by Crippen LogP contribution is -2.20. The Bertz CT molecular complexity index is 1440. The van der Waals surface area contributed by atoms with Gasteiger partial charge in [0, 0.05) is 142 Å². The minimum Gasteiger partial charge on any atom is -0.381 e. The maximum atomic E-state index is 11.7. The van der Waals surface area contributed by atoms with Crippen molar-refractivity contribution >= 4 is 34.7 Å². The smallest absolute Gasteiger partial charge is 0.140 e. The van der Waals surface area contributed by atoms with E-state index in [1.54, 1.807) is 0 Å². The molecule has 0 aromatic heterocycles. The zero-order chi connectivity index (χ0) is 67.1. The summed E-state index contributed by atoms with van der Waals surface area (Å²) >= 11 is 0. The molecule has 0 aromatic rings. The molecule has 0 fully saturated rings. The molecule has 520 valence electrons. The number of ketones is 6. The van der Waals surface area contributed by atoms with Gasteiger partial charge in [-0.15, -0.1) is 0 Å². The Morgan fingerprint density at radius 2 is 0.471 bits per heavy atom. The molecule has 0 amide bonds. The highest BCUT2D eigenvalue weighted by molar-refractivity contribution is 5.99. The largest absolute Gasteiger partial charge is 0.381 e. The number of carbonyl (C=O) groups excluding carboxylic acids is 6. The van der Waals surface area contributed by atoms with Gasteiger partial charge >= 0.3 is 0 Å². The van der Waals surface area contributed by atoms with Crippen molar-refractivity contribution in [2.75, 3.05) is 92.5 Å². The Morgan fingerprint density at radius 1 is 0.276 bits per heavy atom. The number of carbonyl (C=O) groups is 6. The van der Waals surface area contributed by atoms with Crippen LogP contribution in [0.4, 0.5) is 0 Å². The summed E-state index contributed by atoms with van der Waals surface area (Å²) in [5.41, 5.74) is 0.314. The van der Waals surface area contributed by atoms with Crippen molar-refractivity contribution in [1.29, 1.82) is 0 Å². The predicted molar refractivity (Wildman–Crippen MR) is 365 cm³/mol. The van der Waals surface area contributed by atoms with E-state index in [0.29, 0.717) is 113 Å². The molecule has 0 aliphatic rings. The third-order valence-corrected chi connectivity index (χ3v) is 13.5. The number of unbranched alkanes of at least 4 members (excludes halogenated alkanes) is 5. The van der Waals surface area contributed by atoms with Crippen molar-refractivity contribution in [1.82, 2.24) is 0 Å². The molecule has 0 spiro atoms. The Morgan fingerprint density at radius 3 is 0.667 bits per heavy atom. The molecular formula is C74H146O13. The van der Waals surface area contributed by atoms with Gasteiger partial charge in [-0.1, -0.05) is 164 Å². The maximum absolute atomic E-state index is 11.7. The first-order chi connectivity index (χ1) is 40.9. The lowest BCUT2D eigenvalue weighted by Gasteiger charge is -2.17. The Hall–Kier alpha value is -2.26. The number of rotatable bonds is 53. The maximum Gasteiger partial charge on any atom is 0.140 e. The molecule has 0 bridgehead atoms. The molecule has 0 aliphatic heterocycles. The summed E-state index contributed by atoms with van der Waals surface area (Å²) in [5.74, 6) is 1.61. The quantitative estimate of drug-likeness (QED) is 0.0417. The van der Waals surface area contributed by atoms with Gasteiger partial charge in [-0.2, -0.15) is 0 Å². The van der Waals surface area contributed by atoms with Crippen molar-refractivity contribution < 1.29 is 61.9 Å². The molecule has 13 heteroatoms.